The fraction of sp³-hybridized carbons (Fsp3) is 0.167. The van der Waals surface area contributed by atoms with E-state index in [2.05, 4.69) is 15.6 Å². The molecule has 0 fully saturated rings. The number of aromatic nitrogens is 2. The van der Waals surface area contributed by atoms with E-state index in [0.717, 1.165) is 12.0 Å². The molecule has 0 atom stereocenters. The Kier molecular flexibility index (Phi) is 6.13. The molecule has 0 spiro atoms. The van der Waals surface area contributed by atoms with Gasteiger partial charge in [-0.3, -0.25) is 19.0 Å². The third kappa shape index (κ3) is 4.60. The van der Waals surface area contributed by atoms with E-state index in [0.29, 0.717) is 38.6 Å². The fourth-order valence-corrected chi connectivity index (χ4v) is 4.49. The van der Waals surface area contributed by atoms with Crippen LogP contribution in [0.25, 0.3) is 10.2 Å². The second-order valence-corrected chi connectivity index (χ2v) is 8.43. The molecule has 7 nitrogen and oxygen atoms in total. The lowest BCUT2D eigenvalue weighted by Gasteiger charge is -2.07. The number of carbonyl (C=O) groups is 2. The Bertz CT molecular complexity index is 1340. The molecule has 2 aromatic heterocycles. The first-order valence-corrected chi connectivity index (χ1v) is 11.0. The minimum Gasteiger partial charge on any atom is -0.326 e. The van der Waals surface area contributed by atoms with Gasteiger partial charge in [0.15, 0.2) is 0 Å². The number of amides is 2. The predicted molar refractivity (Wildman–Crippen MR) is 127 cm³/mol. The smallest absolute Gasteiger partial charge is 0.266 e. The SMILES string of the molecule is CC(=O)Nc1ccc(NC(=O)c2sc3ncn(CCc4ccccc4)c(=O)c3c2C)cc1. The number of benzene rings is 2. The average Bonchev–Trinajstić information content (AvgIpc) is 3.12. The van der Waals surface area contributed by atoms with Gasteiger partial charge in [-0.25, -0.2) is 4.98 Å². The summed E-state index contributed by atoms with van der Waals surface area (Å²) in [5.41, 5.74) is 2.87. The van der Waals surface area contributed by atoms with Gasteiger partial charge < -0.3 is 10.6 Å². The topological polar surface area (TPSA) is 93.1 Å². The highest BCUT2D eigenvalue weighted by atomic mass is 32.1. The van der Waals surface area contributed by atoms with Crippen LogP contribution < -0.4 is 16.2 Å². The standard InChI is InChI=1S/C24H22N4O3S/c1-15-20-23(25-14-28(24(20)31)13-12-17-6-4-3-5-7-17)32-21(15)22(30)27-19-10-8-18(9-11-19)26-16(2)29/h3-11,14H,12-13H2,1-2H3,(H,26,29)(H,27,30). The highest BCUT2D eigenvalue weighted by Gasteiger charge is 2.19. The molecule has 0 aliphatic carbocycles. The predicted octanol–water partition coefficient (Wildman–Crippen LogP) is 4.22. The summed E-state index contributed by atoms with van der Waals surface area (Å²) >= 11 is 1.21. The Labute approximate surface area is 188 Å². The molecule has 2 amide bonds. The molecule has 0 radical (unpaired) electrons. The van der Waals surface area contributed by atoms with Crippen molar-refractivity contribution >= 4 is 44.7 Å². The summed E-state index contributed by atoms with van der Waals surface area (Å²) in [6.45, 7) is 3.73. The fourth-order valence-electron chi connectivity index (χ4n) is 3.46. The molecule has 0 saturated heterocycles. The summed E-state index contributed by atoms with van der Waals surface area (Å²) < 4.78 is 1.59. The van der Waals surface area contributed by atoms with Crippen LogP contribution in [-0.4, -0.2) is 21.4 Å². The second-order valence-electron chi connectivity index (χ2n) is 7.43. The molecular formula is C24H22N4O3S. The zero-order valence-electron chi connectivity index (χ0n) is 17.7. The Morgan fingerprint density at radius 1 is 1.00 bits per heavy atom. The number of thiophene rings is 1. The van der Waals surface area contributed by atoms with Crippen molar-refractivity contribution in [2.45, 2.75) is 26.8 Å². The molecule has 162 valence electrons. The van der Waals surface area contributed by atoms with Crippen molar-refractivity contribution in [1.82, 2.24) is 9.55 Å². The van der Waals surface area contributed by atoms with E-state index in [9.17, 15) is 14.4 Å². The van der Waals surface area contributed by atoms with E-state index in [-0.39, 0.29) is 17.4 Å². The van der Waals surface area contributed by atoms with Crippen LogP contribution in [-0.2, 0) is 17.8 Å². The molecule has 0 aliphatic heterocycles. The average molecular weight is 447 g/mol. The zero-order chi connectivity index (χ0) is 22.7. The van der Waals surface area contributed by atoms with Crippen molar-refractivity contribution < 1.29 is 9.59 Å². The Morgan fingerprint density at radius 3 is 2.31 bits per heavy atom. The van der Waals surface area contributed by atoms with Gasteiger partial charge in [0.1, 0.15) is 4.83 Å². The summed E-state index contributed by atoms with van der Waals surface area (Å²) in [7, 11) is 0. The minimum absolute atomic E-state index is 0.140. The third-order valence-corrected chi connectivity index (χ3v) is 6.27. The second kappa shape index (κ2) is 9.15. The molecule has 0 saturated carbocycles. The molecular weight excluding hydrogens is 424 g/mol. The first-order chi connectivity index (χ1) is 15.4. The Balaban J connectivity index is 1.55. The van der Waals surface area contributed by atoms with E-state index in [4.69, 9.17) is 0 Å². The number of carbonyl (C=O) groups excluding carboxylic acids is 2. The summed E-state index contributed by atoms with van der Waals surface area (Å²) in [6.07, 6.45) is 2.27. The van der Waals surface area contributed by atoms with Crippen molar-refractivity contribution in [1.29, 1.82) is 0 Å². The molecule has 2 N–H and O–H groups in total. The van der Waals surface area contributed by atoms with Crippen LogP contribution in [0.4, 0.5) is 11.4 Å². The third-order valence-electron chi connectivity index (χ3n) is 5.07. The van der Waals surface area contributed by atoms with Crippen LogP contribution in [0.2, 0.25) is 0 Å². The number of nitrogens with zero attached hydrogens (tertiary/aromatic N) is 2. The van der Waals surface area contributed by atoms with E-state index in [1.807, 2.05) is 30.3 Å². The lowest BCUT2D eigenvalue weighted by molar-refractivity contribution is -0.114. The summed E-state index contributed by atoms with van der Waals surface area (Å²) in [6, 6.07) is 16.8. The monoisotopic (exact) mass is 446 g/mol. The van der Waals surface area contributed by atoms with Crippen LogP contribution in [0.3, 0.4) is 0 Å². The van der Waals surface area contributed by atoms with Gasteiger partial charge in [-0.1, -0.05) is 30.3 Å². The van der Waals surface area contributed by atoms with Crippen molar-refractivity contribution in [3.8, 4) is 0 Å². The highest BCUT2D eigenvalue weighted by Crippen LogP contribution is 2.28. The van der Waals surface area contributed by atoms with Crippen molar-refractivity contribution in [3.05, 3.63) is 87.3 Å². The van der Waals surface area contributed by atoms with Crippen LogP contribution in [0.15, 0.2) is 65.7 Å². The van der Waals surface area contributed by atoms with Gasteiger partial charge in [0.05, 0.1) is 16.6 Å². The zero-order valence-corrected chi connectivity index (χ0v) is 18.5. The lowest BCUT2D eigenvalue weighted by atomic mass is 10.1. The molecule has 2 heterocycles. The minimum atomic E-state index is -0.298. The van der Waals surface area contributed by atoms with Crippen LogP contribution in [0, 0.1) is 6.92 Å². The molecule has 8 heteroatoms. The van der Waals surface area contributed by atoms with Gasteiger partial charge >= 0.3 is 0 Å². The molecule has 4 aromatic rings. The summed E-state index contributed by atoms with van der Waals surface area (Å²) in [4.78, 5) is 42.5. The van der Waals surface area contributed by atoms with E-state index >= 15 is 0 Å². The van der Waals surface area contributed by atoms with Gasteiger partial charge in [0.25, 0.3) is 11.5 Å². The maximum atomic E-state index is 13.1. The van der Waals surface area contributed by atoms with Crippen molar-refractivity contribution in [2.75, 3.05) is 10.6 Å². The lowest BCUT2D eigenvalue weighted by Crippen LogP contribution is -2.21. The van der Waals surface area contributed by atoms with E-state index < -0.39 is 0 Å². The number of rotatable bonds is 6. The van der Waals surface area contributed by atoms with Crippen LogP contribution >= 0.6 is 11.3 Å². The van der Waals surface area contributed by atoms with Crippen LogP contribution in [0.1, 0.15) is 27.7 Å². The molecule has 0 bridgehead atoms. The van der Waals surface area contributed by atoms with Gasteiger partial charge in [-0.2, -0.15) is 0 Å². The molecule has 0 aliphatic rings. The maximum absolute atomic E-state index is 13.1. The number of hydrogen-bond acceptors (Lipinski definition) is 5. The Morgan fingerprint density at radius 2 is 1.66 bits per heavy atom. The number of anilines is 2. The highest BCUT2D eigenvalue weighted by molar-refractivity contribution is 7.20. The Hall–Kier alpha value is -3.78. The maximum Gasteiger partial charge on any atom is 0.266 e. The number of nitrogens with one attached hydrogen (secondary N) is 2. The number of hydrogen-bond donors (Lipinski definition) is 2. The number of fused-ring (bicyclic) bond motifs is 1. The summed E-state index contributed by atoms with van der Waals surface area (Å²) in [5.74, 6) is -0.461. The molecule has 32 heavy (non-hydrogen) atoms. The van der Waals surface area contributed by atoms with E-state index in [1.54, 1.807) is 42.1 Å². The van der Waals surface area contributed by atoms with Gasteiger partial charge in [-0.15, -0.1) is 11.3 Å². The number of aryl methyl sites for hydroxylation is 3. The van der Waals surface area contributed by atoms with Gasteiger partial charge in [-0.05, 0) is 48.7 Å². The van der Waals surface area contributed by atoms with Gasteiger partial charge in [0.2, 0.25) is 5.91 Å². The first-order valence-electron chi connectivity index (χ1n) is 10.1. The largest absolute Gasteiger partial charge is 0.326 e. The molecule has 4 rings (SSSR count). The van der Waals surface area contributed by atoms with Crippen molar-refractivity contribution in [3.63, 3.8) is 0 Å². The van der Waals surface area contributed by atoms with E-state index in [1.165, 1.54) is 18.3 Å². The summed E-state index contributed by atoms with van der Waals surface area (Å²) in [5, 5.41) is 6.01. The molecule has 2 aromatic carbocycles. The van der Waals surface area contributed by atoms with Gasteiger partial charge in [0, 0.05) is 24.8 Å². The quantitative estimate of drug-likeness (QED) is 0.464. The normalized spacial score (nSPS) is 10.8. The first kappa shape index (κ1) is 21.5. The molecule has 0 unspecified atom stereocenters. The van der Waals surface area contributed by atoms with Crippen LogP contribution in [0.5, 0.6) is 0 Å². The van der Waals surface area contributed by atoms with Crippen molar-refractivity contribution in [2.24, 2.45) is 0 Å².